The minimum atomic E-state index is -1.11. The molecular weight excluding hydrogens is 318 g/mol. The number of carboxylic acid groups (broad SMARTS) is 1. The van der Waals surface area contributed by atoms with Gasteiger partial charge in [-0.3, -0.25) is 0 Å². The molecule has 8 heteroatoms. The average molecular weight is 330 g/mol. The fraction of sp³-hybridized carbons (Fsp3) is 0.0667. The highest BCUT2D eigenvalue weighted by molar-refractivity contribution is 6.30. The lowest BCUT2D eigenvalue weighted by atomic mass is 10.2. The number of nitrogens with two attached hydrogens (primary N) is 1. The number of aromatic carboxylic acids is 1. The van der Waals surface area contributed by atoms with Crippen LogP contribution in [0.4, 0.5) is 5.95 Å². The minimum absolute atomic E-state index is 0.00236. The second-order valence-corrected chi connectivity index (χ2v) is 5.30. The van der Waals surface area contributed by atoms with E-state index in [-0.39, 0.29) is 11.6 Å². The van der Waals surface area contributed by atoms with E-state index in [2.05, 4.69) is 15.1 Å². The lowest BCUT2D eigenvalue weighted by Gasteiger charge is -2.08. The second-order valence-electron chi connectivity index (χ2n) is 4.86. The quantitative estimate of drug-likeness (QED) is 0.764. The monoisotopic (exact) mass is 329 g/mol. The maximum Gasteiger partial charge on any atom is 0.354 e. The summed E-state index contributed by atoms with van der Waals surface area (Å²) in [7, 11) is 0. The van der Waals surface area contributed by atoms with Gasteiger partial charge >= 0.3 is 5.97 Å². The van der Waals surface area contributed by atoms with Gasteiger partial charge in [0.2, 0.25) is 5.95 Å². The summed E-state index contributed by atoms with van der Waals surface area (Å²) in [5.74, 6) is -1.02. The summed E-state index contributed by atoms with van der Waals surface area (Å²) >= 11 is 6.02. The number of rotatable bonds is 3. The molecule has 0 aliphatic carbocycles. The van der Waals surface area contributed by atoms with E-state index in [1.54, 1.807) is 24.3 Å². The van der Waals surface area contributed by atoms with E-state index < -0.39 is 5.97 Å². The number of carbonyl (C=O) groups is 1. The van der Waals surface area contributed by atoms with Crippen LogP contribution in [-0.4, -0.2) is 30.8 Å². The minimum Gasteiger partial charge on any atom is -0.477 e. The zero-order valence-corrected chi connectivity index (χ0v) is 12.8. The lowest BCUT2D eigenvalue weighted by Crippen LogP contribution is -2.09. The molecule has 0 saturated heterocycles. The smallest absolute Gasteiger partial charge is 0.354 e. The molecule has 0 spiro atoms. The number of nitrogen functional groups attached to an aromatic ring is 1. The number of halogens is 1. The Morgan fingerprint density at radius 3 is 2.74 bits per heavy atom. The average Bonchev–Trinajstić information content (AvgIpc) is 2.95. The van der Waals surface area contributed by atoms with Crippen molar-refractivity contribution in [2.24, 2.45) is 0 Å². The molecule has 116 valence electrons. The summed E-state index contributed by atoms with van der Waals surface area (Å²) in [4.78, 5) is 19.4. The van der Waals surface area contributed by atoms with Crippen molar-refractivity contribution in [1.82, 2.24) is 19.7 Å². The van der Waals surface area contributed by atoms with Crippen LogP contribution in [-0.2, 0) is 0 Å². The lowest BCUT2D eigenvalue weighted by molar-refractivity contribution is 0.0687. The fourth-order valence-electron chi connectivity index (χ4n) is 2.17. The number of nitrogens with zero attached hydrogens (tertiary/aromatic N) is 4. The summed E-state index contributed by atoms with van der Waals surface area (Å²) < 4.78 is 1.33. The Hall–Kier alpha value is -2.93. The molecule has 1 aromatic carbocycles. The third-order valence-corrected chi connectivity index (χ3v) is 3.50. The molecule has 0 aliphatic heterocycles. The van der Waals surface area contributed by atoms with E-state index in [0.29, 0.717) is 22.1 Å². The third-order valence-electron chi connectivity index (χ3n) is 3.26. The molecule has 0 radical (unpaired) electrons. The van der Waals surface area contributed by atoms with Gasteiger partial charge in [-0.25, -0.2) is 19.4 Å². The molecule has 0 saturated carbocycles. The topological polar surface area (TPSA) is 107 Å². The van der Waals surface area contributed by atoms with Crippen molar-refractivity contribution in [3.63, 3.8) is 0 Å². The molecule has 2 heterocycles. The van der Waals surface area contributed by atoms with Crippen molar-refractivity contribution < 1.29 is 9.90 Å². The summed E-state index contributed by atoms with van der Waals surface area (Å²) in [5, 5.41) is 14.3. The van der Waals surface area contributed by atoms with Crippen molar-refractivity contribution in [3.8, 4) is 17.1 Å². The van der Waals surface area contributed by atoms with Crippen molar-refractivity contribution in [1.29, 1.82) is 0 Å². The molecule has 3 N–H and O–H groups in total. The Bertz CT molecular complexity index is 907. The zero-order chi connectivity index (χ0) is 16.6. The van der Waals surface area contributed by atoms with Crippen LogP contribution >= 0.6 is 11.6 Å². The van der Waals surface area contributed by atoms with E-state index in [4.69, 9.17) is 17.3 Å². The first-order valence-corrected chi connectivity index (χ1v) is 7.02. The van der Waals surface area contributed by atoms with Crippen LogP contribution in [0.3, 0.4) is 0 Å². The summed E-state index contributed by atoms with van der Waals surface area (Å²) in [6.45, 7) is 1.85. The van der Waals surface area contributed by atoms with Crippen LogP contribution in [0.2, 0.25) is 5.02 Å². The summed E-state index contributed by atoms with van der Waals surface area (Å²) in [6.07, 6.45) is 1.49. The van der Waals surface area contributed by atoms with Crippen molar-refractivity contribution >= 4 is 23.5 Å². The molecule has 3 aromatic rings. The van der Waals surface area contributed by atoms with Crippen LogP contribution in [0.15, 0.2) is 36.5 Å². The number of hydrogen-bond donors (Lipinski definition) is 2. The molecule has 0 unspecified atom stereocenters. The van der Waals surface area contributed by atoms with Gasteiger partial charge in [-0.15, -0.1) is 0 Å². The molecule has 0 amide bonds. The van der Waals surface area contributed by atoms with Gasteiger partial charge in [0.05, 0.1) is 11.4 Å². The zero-order valence-electron chi connectivity index (χ0n) is 12.1. The van der Waals surface area contributed by atoms with E-state index >= 15 is 0 Å². The molecular formula is C15H12ClN5O2. The molecule has 3 rings (SSSR count). The van der Waals surface area contributed by atoms with E-state index in [0.717, 1.165) is 5.56 Å². The maximum absolute atomic E-state index is 11.6. The van der Waals surface area contributed by atoms with Crippen LogP contribution < -0.4 is 5.73 Å². The standard InChI is InChI=1S/C15H12ClN5O2/c1-8-2-3-9(16)6-12(8)21-13(14(22)23)7-11(20-21)10-4-5-18-15(17)19-10/h2-7H,1H3,(H,22,23)(H2,17,18,19). The van der Waals surface area contributed by atoms with Gasteiger partial charge in [-0.2, -0.15) is 5.10 Å². The highest BCUT2D eigenvalue weighted by atomic mass is 35.5. The Balaban J connectivity index is 2.21. The highest BCUT2D eigenvalue weighted by Gasteiger charge is 2.18. The van der Waals surface area contributed by atoms with E-state index in [1.165, 1.54) is 16.9 Å². The first-order valence-electron chi connectivity index (χ1n) is 6.64. The van der Waals surface area contributed by atoms with E-state index in [9.17, 15) is 9.90 Å². The van der Waals surface area contributed by atoms with Crippen LogP contribution in [0.1, 0.15) is 16.1 Å². The highest BCUT2D eigenvalue weighted by Crippen LogP contribution is 2.24. The predicted molar refractivity (Wildman–Crippen MR) is 85.7 cm³/mol. The maximum atomic E-state index is 11.6. The normalized spacial score (nSPS) is 10.7. The number of aromatic nitrogens is 4. The molecule has 23 heavy (non-hydrogen) atoms. The number of hydrogen-bond acceptors (Lipinski definition) is 5. The first-order chi connectivity index (χ1) is 11.0. The third kappa shape index (κ3) is 2.86. The predicted octanol–water partition coefficient (Wildman–Crippen LogP) is 2.57. The molecule has 2 aromatic heterocycles. The summed E-state index contributed by atoms with van der Waals surface area (Å²) in [5.41, 5.74) is 7.82. The van der Waals surface area contributed by atoms with Crippen molar-refractivity contribution in [2.75, 3.05) is 5.73 Å². The van der Waals surface area contributed by atoms with Crippen molar-refractivity contribution in [3.05, 3.63) is 52.8 Å². The van der Waals surface area contributed by atoms with Gasteiger partial charge in [0.1, 0.15) is 5.69 Å². The SMILES string of the molecule is Cc1ccc(Cl)cc1-n1nc(-c2ccnc(N)n2)cc1C(=O)O. The Morgan fingerprint density at radius 2 is 2.04 bits per heavy atom. The molecule has 7 nitrogen and oxygen atoms in total. The van der Waals surface area contributed by atoms with Crippen LogP contribution in [0, 0.1) is 6.92 Å². The van der Waals surface area contributed by atoms with Gasteiger partial charge < -0.3 is 10.8 Å². The largest absolute Gasteiger partial charge is 0.477 e. The van der Waals surface area contributed by atoms with Crippen LogP contribution in [0.5, 0.6) is 0 Å². The molecule has 0 fully saturated rings. The number of carboxylic acids is 1. The van der Waals surface area contributed by atoms with Crippen LogP contribution in [0.25, 0.3) is 17.1 Å². The number of anilines is 1. The van der Waals surface area contributed by atoms with Gasteiger partial charge in [0.25, 0.3) is 0 Å². The van der Waals surface area contributed by atoms with Crippen molar-refractivity contribution in [2.45, 2.75) is 6.92 Å². The summed E-state index contributed by atoms with van der Waals surface area (Å²) in [6, 6.07) is 8.24. The fourth-order valence-corrected chi connectivity index (χ4v) is 2.34. The molecule has 0 bridgehead atoms. The first kappa shape index (κ1) is 15.0. The Kier molecular flexibility index (Phi) is 3.71. The number of aryl methyl sites for hydroxylation is 1. The Morgan fingerprint density at radius 1 is 1.26 bits per heavy atom. The number of benzene rings is 1. The Labute approximate surface area is 136 Å². The van der Waals surface area contributed by atoms with Gasteiger partial charge in [-0.1, -0.05) is 17.7 Å². The van der Waals surface area contributed by atoms with Gasteiger partial charge in [-0.05, 0) is 30.7 Å². The van der Waals surface area contributed by atoms with Gasteiger partial charge in [0.15, 0.2) is 5.69 Å². The molecule has 0 aliphatic rings. The van der Waals surface area contributed by atoms with Gasteiger partial charge in [0, 0.05) is 17.3 Å². The second kappa shape index (κ2) is 5.69. The van der Waals surface area contributed by atoms with E-state index in [1.807, 2.05) is 6.92 Å². The molecule has 0 atom stereocenters.